The maximum atomic E-state index is 6.06. The first-order valence-corrected chi connectivity index (χ1v) is 6.76. The lowest BCUT2D eigenvalue weighted by Gasteiger charge is -2.21. The lowest BCUT2D eigenvalue weighted by atomic mass is 9.96. The SMILES string of the molecule is CC(C)(N)Cc1ccc2c(c1)OC1(CCCC1)O2. The van der Waals surface area contributed by atoms with Gasteiger partial charge in [-0.1, -0.05) is 6.07 Å². The second-order valence-corrected chi connectivity index (χ2v) is 6.27. The molecule has 0 amide bonds. The molecule has 0 atom stereocenters. The normalized spacial score (nSPS) is 20.6. The molecule has 1 aromatic rings. The van der Waals surface area contributed by atoms with Crippen LogP contribution in [0, 0.1) is 0 Å². The second kappa shape index (κ2) is 3.89. The highest BCUT2D eigenvalue weighted by atomic mass is 16.7. The molecule has 1 spiro atoms. The molecule has 0 saturated heterocycles. The van der Waals surface area contributed by atoms with Gasteiger partial charge in [-0.2, -0.15) is 0 Å². The molecule has 2 aliphatic rings. The molecular formula is C15H21NO2. The van der Waals surface area contributed by atoms with E-state index >= 15 is 0 Å². The monoisotopic (exact) mass is 247 g/mol. The Labute approximate surface area is 108 Å². The molecule has 0 radical (unpaired) electrons. The molecule has 0 bridgehead atoms. The zero-order chi connectivity index (χ0) is 12.8. The maximum Gasteiger partial charge on any atom is 0.251 e. The van der Waals surface area contributed by atoms with Crippen LogP contribution in [0.3, 0.4) is 0 Å². The van der Waals surface area contributed by atoms with Gasteiger partial charge in [-0.25, -0.2) is 0 Å². The first-order valence-electron chi connectivity index (χ1n) is 6.76. The van der Waals surface area contributed by atoms with Crippen molar-refractivity contribution >= 4 is 0 Å². The quantitative estimate of drug-likeness (QED) is 0.873. The van der Waals surface area contributed by atoms with Crippen LogP contribution in [0.5, 0.6) is 11.5 Å². The lowest BCUT2D eigenvalue weighted by Crippen LogP contribution is -2.34. The summed E-state index contributed by atoms with van der Waals surface area (Å²) in [5.74, 6) is 1.41. The van der Waals surface area contributed by atoms with Gasteiger partial charge in [0.05, 0.1) is 0 Å². The first kappa shape index (κ1) is 11.8. The zero-order valence-electron chi connectivity index (χ0n) is 11.2. The fourth-order valence-electron chi connectivity index (χ4n) is 2.89. The number of rotatable bonds is 2. The van der Waals surface area contributed by atoms with Gasteiger partial charge in [-0.3, -0.25) is 0 Å². The van der Waals surface area contributed by atoms with Crippen LogP contribution in [0.2, 0.25) is 0 Å². The van der Waals surface area contributed by atoms with Crippen molar-refractivity contribution in [3.8, 4) is 11.5 Å². The Kier molecular flexibility index (Phi) is 2.56. The van der Waals surface area contributed by atoms with E-state index in [1.165, 1.54) is 18.4 Å². The van der Waals surface area contributed by atoms with E-state index in [2.05, 4.69) is 12.1 Å². The van der Waals surface area contributed by atoms with E-state index in [1.807, 2.05) is 19.9 Å². The smallest absolute Gasteiger partial charge is 0.251 e. The van der Waals surface area contributed by atoms with Crippen LogP contribution in [0.4, 0.5) is 0 Å². The van der Waals surface area contributed by atoms with Gasteiger partial charge in [0, 0.05) is 18.4 Å². The van der Waals surface area contributed by atoms with Crippen LogP contribution >= 0.6 is 0 Å². The molecule has 98 valence electrons. The average Bonchev–Trinajstić information content (AvgIpc) is 2.82. The number of nitrogens with two attached hydrogens (primary N) is 1. The summed E-state index contributed by atoms with van der Waals surface area (Å²) in [6.07, 6.45) is 5.22. The molecule has 3 heteroatoms. The molecule has 1 aromatic carbocycles. The minimum absolute atomic E-state index is 0.196. The summed E-state index contributed by atoms with van der Waals surface area (Å²) in [4.78, 5) is 0. The Morgan fingerprint density at radius 3 is 2.50 bits per heavy atom. The summed E-state index contributed by atoms with van der Waals surface area (Å²) in [5, 5.41) is 0. The van der Waals surface area contributed by atoms with E-state index in [4.69, 9.17) is 15.2 Å². The highest BCUT2D eigenvalue weighted by Gasteiger charge is 2.44. The van der Waals surface area contributed by atoms with Crippen molar-refractivity contribution in [1.29, 1.82) is 0 Å². The van der Waals surface area contributed by atoms with Gasteiger partial charge in [0.25, 0.3) is 5.79 Å². The van der Waals surface area contributed by atoms with E-state index in [-0.39, 0.29) is 11.3 Å². The van der Waals surface area contributed by atoms with Crippen LogP contribution in [0.1, 0.15) is 45.1 Å². The topological polar surface area (TPSA) is 44.5 Å². The van der Waals surface area contributed by atoms with Gasteiger partial charge in [0.2, 0.25) is 0 Å². The van der Waals surface area contributed by atoms with E-state index in [0.29, 0.717) is 0 Å². The zero-order valence-corrected chi connectivity index (χ0v) is 11.2. The van der Waals surface area contributed by atoms with E-state index in [1.54, 1.807) is 0 Å². The molecule has 0 aromatic heterocycles. The molecule has 1 aliphatic carbocycles. The molecule has 3 nitrogen and oxygen atoms in total. The summed E-state index contributed by atoms with van der Waals surface area (Å²) in [6, 6.07) is 6.19. The predicted molar refractivity (Wildman–Crippen MR) is 70.9 cm³/mol. The third-order valence-corrected chi connectivity index (χ3v) is 3.63. The van der Waals surface area contributed by atoms with Crippen molar-refractivity contribution in [2.75, 3.05) is 0 Å². The Hall–Kier alpha value is -1.22. The Bertz CT molecular complexity index is 456. The Morgan fingerprint density at radius 2 is 1.83 bits per heavy atom. The van der Waals surface area contributed by atoms with Crippen LogP contribution < -0.4 is 15.2 Å². The van der Waals surface area contributed by atoms with Crippen molar-refractivity contribution in [2.24, 2.45) is 5.73 Å². The number of benzene rings is 1. The highest BCUT2D eigenvalue weighted by Crippen LogP contribution is 2.46. The molecule has 0 unspecified atom stereocenters. The Balaban J connectivity index is 1.82. The van der Waals surface area contributed by atoms with Crippen molar-refractivity contribution in [3.05, 3.63) is 23.8 Å². The second-order valence-electron chi connectivity index (χ2n) is 6.27. The third-order valence-electron chi connectivity index (χ3n) is 3.63. The molecule has 1 heterocycles. The molecule has 1 aliphatic heterocycles. The van der Waals surface area contributed by atoms with E-state index in [0.717, 1.165) is 30.8 Å². The highest BCUT2D eigenvalue weighted by molar-refractivity contribution is 5.46. The largest absolute Gasteiger partial charge is 0.448 e. The lowest BCUT2D eigenvalue weighted by molar-refractivity contribution is -0.0716. The van der Waals surface area contributed by atoms with Gasteiger partial charge in [-0.15, -0.1) is 0 Å². The van der Waals surface area contributed by atoms with Gasteiger partial charge in [-0.05, 0) is 50.8 Å². The molecule has 2 N–H and O–H groups in total. The van der Waals surface area contributed by atoms with Crippen molar-refractivity contribution < 1.29 is 9.47 Å². The summed E-state index contributed by atoms with van der Waals surface area (Å²) >= 11 is 0. The predicted octanol–water partition coefficient (Wildman–Crippen LogP) is 3.01. The average molecular weight is 247 g/mol. The van der Waals surface area contributed by atoms with E-state index < -0.39 is 0 Å². The number of fused-ring (bicyclic) bond motifs is 1. The minimum atomic E-state index is -0.362. The number of ether oxygens (including phenoxy) is 2. The summed E-state index contributed by atoms with van der Waals surface area (Å²) in [6.45, 7) is 4.08. The van der Waals surface area contributed by atoms with Gasteiger partial charge in [0.15, 0.2) is 11.5 Å². The third kappa shape index (κ3) is 2.19. The fourth-order valence-corrected chi connectivity index (χ4v) is 2.89. The van der Waals surface area contributed by atoms with Crippen LogP contribution in [-0.4, -0.2) is 11.3 Å². The minimum Gasteiger partial charge on any atom is -0.448 e. The molecule has 18 heavy (non-hydrogen) atoms. The maximum absolute atomic E-state index is 6.06. The van der Waals surface area contributed by atoms with Crippen molar-refractivity contribution in [1.82, 2.24) is 0 Å². The molecule has 1 saturated carbocycles. The number of hydrogen-bond acceptors (Lipinski definition) is 3. The van der Waals surface area contributed by atoms with Crippen molar-refractivity contribution in [3.63, 3.8) is 0 Å². The van der Waals surface area contributed by atoms with Crippen LogP contribution in [0.25, 0.3) is 0 Å². The van der Waals surface area contributed by atoms with Gasteiger partial charge >= 0.3 is 0 Å². The summed E-state index contributed by atoms with van der Waals surface area (Å²) < 4.78 is 12.0. The van der Waals surface area contributed by atoms with Crippen molar-refractivity contribution in [2.45, 2.75) is 57.3 Å². The summed E-state index contributed by atoms with van der Waals surface area (Å²) in [5.41, 5.74) is 7.07. The number of hydrogen-bond donors (Lipinski definition) is 1. The van der Waals surface area contributed by atoms with Gasteiger partial charge in [0.1, 0.15) is 0 Å². The molecule has 3 rings (SSSR count). The van der Waals surface area contributed by atoms with Crippen LogP contribution in [0.15, 0.2) is 18.2 Å². The van der Waals surface area contributed by atoms with Crippen LogP contribution in [-0.2, 0) is 6.42 Å². The van der Waals surface area contributed by atoms with Gasteiger partial charge < -0.3 is 15.2 Å². The Morgan fingerprint density at radius 1 is 1.17 bits per heavy atom. The molecule has 1 fully saturated rings. The van der Waals surface area contributed by atoms with E-state index in [9.17, 15) is 0 Å². The summed E-state index contributed by atoms with van der Waals surface area (Å²) in [7, 11) is 0. The molecular weight excluding hydrogens is 226 g/mol. The first-order chi connectivity index (χ1) is 8.46. The fraction of sp³-hybridized carbons (Fsp3) is 0.600. The standard InChI is InChI=1S/C15H21NO2/c1-14(2,16)10-11-5-6-12-13(9-11)18-15(17-12)7-3-4-8-15/h5-6,9H,3-4,7-8,10,16H2,1-2H3.